The summed E-state index contributed by atoms with van der Waals surface area (Å²) in [5, 5.41) is 6.90. The molecule has 3 rings (SSSR count). The van der Waals surface area contributed by atoms with Crippen molar-refractivity contribution in [3.8, 4) is 5.75 Å². The Kier molecular flexibility index (Phi) is 5.68. The van der Waals surface area contributed by atoms with Gasteiger partial charge in [-0.15, -0.1) is 0 Å². The molecule has 0 aliphatic carbocycles. The Hall–Kier alpha value is -2.37. The highest BCUT2D eigenvalue weighted by Crippen LogP contribution is 2.20. The number of piperidine rings is 1. The second kappa shape index (κ2) is 8.14. The van der Waals surface area contributed by atoms with Crippen molar-refractivity contribution >= 4 is 5.91 Å². The van der Waals surface area contributed by atoms with Gasteiger partial charge in [0.15, 0.2) is 5.82 Å². The lowest BCUT2D eigenvalue weighted by atomic mass is 9.98. The van der Waals surface area contributed by atoms with E-state index in [1.54, 1.807) is 0 Å². The molecule has 1 fully saturated rings. The van der Waals surface area contributed by atoms with Crippen LogP contribution in [-0.2, 0) is 11.2 Å². The predicted molar refractivity (Wildman–Crippen MR) is 95.4 cm³/mol. The fraction of sp³-hybridized carbons (Fsp3) is 0.526. The number of hydrogen-bond donors (Lipinski definition) is 1. The number of aromatic amines is 1. The molecule has 2 heterocycles. The molecule has 1 aliphatic rings. The van der Waals surface area contributed by atoms with Crippen LogP contribution in [0.5, 0.6) is 5.75 Å². The zero-order valence-electron chi connectivity index (χ0n) is 15.0. The molecule has 6 heteroatoms. The van der Waals surface area contributed by atoms with Crippen molar-refractivity contribution in [1.82, 2.24) is 20.1 Å². The molecule has 25 heavy (non-hydrogen) atoms. The molecular formula is C19H26N4O2. The van der Waals surface area contributed by atoms with Crippen LogP contribution >= 0.6 is 0 Å². The van der Waals surface area contributed by atoms with Crippen LogP contribution in [0.4, 0.5) is 0 Å². The van der Waals surface area contributed by atoms with Gasteiger partial charge in [-0.1, -0.05) is 17.7 Å². The summed E-state index contributed by atoms with van der Waals surface area (Å²) in [6.45, 7) is 6.20. The van der Waals surface area contributed by atoms with E-state index in [0.717, 1.165) is 37.5 Å². The average molecular weight is 342 g/mol. The van der Waals surface area contributed by atoms with E-state index in [9.17, 15) is 4.79 Å². The van der Waals surface area contributed by atoms with Crippen molar-refractivity contribution in [2.45, 2.75) is 39.5 Å². The fourth-order valence-corrected chi connectivity index (χ4v) is 3.15. The van der Waals surface area contributed by atoms with Crippen LogP contribution in [0.2, 0.25) is 0 Å². The highest BCUT2D eigenvalue weighted by atomic mass is 16.5. The predicted octanol–water partition coefficient (Wildman–Crippen LogP) is 2.67. The monoisotopic (exact) mass is 342 g/mol. The first kappa shape index (κ1) is 17.5. The first-order valence-corrected chi connectivity index (χ1v) is 8.95. The van der Waals surface area contributed by atoms with Gasteiger partial charge in [-0.25, -0.2) is 4.98 Å². The molecule has 1 aliphatic heterocycles. The summed E-state index contributed by atoms with van der Waals surface area (Å²) >= 11 is 0. The summed E-state index contributed by atoms with van der Waals surface area (Å²) in [4.78, 5) is 18.7. The number of hydrogen-bond acceptors (Lipinski definition) is 4. The summed E-state index contributed by atoms with van der Waals surface area (Å²) in [6, 6.07) is 8.10. The van der Waals surface area contributed by atoms with Gasteiger partial charge in [-0.05, 0) is 38.8 Å². The molecule has 1 aromatic heterocycles. The molecule has 1 unspecified atom stereocenters. The lowest BCUT2D eigenvalue weighted by Crippen LogP contribution is -2.41. The van der Waals surface area contributed by atoms with Gasteiger partial charge in [-0.2, -0.15) is 5.10 Å². The average Bonchev–Trinajstić information content (AvgIpc) is 3.05. The second-order valence-corrected chi connectivity index (χ2v) is 6.81. The van der Waals surface area contributed by atoms with Gasteiger partial charge in [0.25, 0.3) is 0 Å². The number of likely N-dealkylation sites (tertiary alicyclic amines) is 1. The number of nitrogens with one attached hydrogen (secondary N) is 1. The topological polar surface area (TPSA) is 71.1 Å². The van der Waals surface area contributed by atoms with Crippen molar-refractivity contribution in [3.63, 3.8) is 0 Å². The highest BCUT2D eigenvalue weighted by molar-refractivity contribution is 5.76. The molecule has 0 spiro atoms. The maximum atomic E-state index is 12.5. The summed E-state index contributed by atoms with van der Waals surface area (Å²) in [7, 11) is 0. The Morgan fingerprint density at radius 2 is 2.12 bits per heavy atom. The molecule has 0 bridgehead atoms. The Labute approximate surface area is 148 Å². The summed E-state index contributed by atoms with van der Waals surface area (Å²) in [6.07, 6.45) is 3.19. The molecule has 1 aromatic carbocycles. The first-order chi connectivity index (χ1) is 12.1. The molecule has 2 aromatic rings. The van der Waals surface area contributed by atoms with E-state index in [1.165, 1.54) is 5.56 Å². The number of H-pyrrole nitrogens is 1. The maximum Gasteiger partial charge on any atom is 0.223 e. The highest BCUT2D eigenvalue weighted by Gasteiger charge is 2.24. The van der Waals surface area contributed by atoms with Crippen molar-refractivity contribution in [3.05, 3.63) is 41.5 Å². The lowest BCUT2D eigenvalue weighted by molar-refractivity contribution is -0.133. The molecule has 134 valence electrons. The number of amides is 1. The molecular weight excluding hydrogens is 316 g/mol. The van der Waals surface area contributed by atoms with Crippen molar-refractivity contribution in [1.29, 1.82) is 0 Å². The molecule has 1 saturated heterocycles. The van der Waals surface area contributed by atoms with E-state index in [0.29, 0.717) is 31.2 Å². The number of benzene rings is 1. The Morgan fingerprint density at radius 1 is 1.32 bits per heavy atom. The van der Waals surface area contributed by atoms with E-state index in [2.05, 4.69) is 34.2 Å². The number of ether oxygens (including phenoxy) is 1. The molecule has 0 saturated carbocycles. The smallest absolute Gasteiger partial charge is 0.223 e. The summed E-state index contributed by atoms with van der Waals surface area (Å²) < 4.78 is 5.90. The normalized spacial score (nSPS) is 17.5. The van der Waals surface area contributed by atoms with Gasteiger partial charge in [0.1, 0.15) is 11.6 Å². The van der Waals surface area contributed by atoms with Gasteiger partial charge in [0.2, 0.25) is 5.91 Å². The minimum atomic E-state index is 0.183. The van der Waals surface area contributed by atoms with Crippen LogP contribution in [0.25, 0.3) is 0 Å². The van der Waals surface area contributed by atoms with Gasteiger partial charge in [-0.3, -0.25) is 9.89 Å². The quantitative estimate of drug-likeness (QED) is 0.876. The van der Waals surface area contributed by atoms with Crippen LogP contribution in [0.15, 0.2) is 24.3 Å². The number of aryl methyl sites for hydroxylation is 3. The maximum absolute atomic E-state index is 12.5. The third kappa shape index (κ3) is 5.05. The Balaban J connectivity index is 1.45. The van der Waals surface area contributed by atoms with Gasteiger partial charge in [0, 0.05) is 31.8 Å². The minimum Gasteiger partial charge on any atom is -0.493 e. The molecule has 1 amide bonds. The number of nitrogens with zero attached hydrogens (tertiary/aromatic N) is 3. The van der Waals surface area contributed by atoms with Crippen molar-refractivity contribution < 1.29 is 9.53 Å². The summed E-state index contributed by atoms with van der Waals surface area (Å²) in [5.74, 6) is 2.97. The number of aromatic nitrogens is 3. The molecule has 6 nitrogen and oxygen atoms in total. The third-order valence-electron chi connectivity index (χ3n) is 4.58. The van der Waals surface area contributed by atoms with Crippen molar-refractivity contribution in [2.75, 3.05) is 19.7 Å². The van der Waals surface area contributed by atoms with E-state index >= 15 is 0 Å². The van der Waals surface area contributed by atoms with Crippen molar-refractivity contribution in [2.24, 2.45) is 5.92 Å². The lowest BCUT2D eigenvalue weighted by Gasteiger charge is -2.32. The van der Waals surface area contributed by atoms with Crippen LogP contribution in [0, 0.1) is 19.8 Å². The van der Waals surface area contributed by atoms with Crippen LogP contribution in [0.1, 0.15) is 36.5 Å². The van der Waals surface area contributed by atoms with Crippen LogP contribution in [0.3, 0.4) is 0 Å². The van der Waals surface area contributed by atoms with E-state index < -0.39 is 0 Å². The summed E-state index contributed by atoms with van der Waals surface area (Å²) in [5.41, 5.74) is 1.23. The van der Waals surface area contributed by atoms with E-state index in [4.69, 9.17) is 4.74 Å². The molecule has 1 N–H and O–H groups in total. The molecule has 1 atom stereocenters. The Morgan fingerprint density at radius 3 is 2.84 bits per heavy atom. The number of rotatable bonds is 6. The number of carbonyl (C=O) groups excluding carboxylic acids is 1. The zero-order chi connectivity index (χ0) is 17.6. The van der Waals surface area contributed by atoms with Crippen LogP contribution < -0.4 is 4.74 Å². The van der Waals surface area contributed by atoms with E-state index in [-0.39, 0.29) is 5.91 Å². The van der Waals surface area contributed by atoms with Gasteiger partial charge in [0.05, 0.1) is 6.61 Å². The SMILES string of the molecule is Cc1ccc(OCC2CCCN(C(=O)CCc3n[nH]c(C)n3)C2)cc1. The standard InChI is InChI=1S/C19H26N4O2/c1-14-5-7-17(8-6-14)25-13-16-4-3-11-23(12-16)19(24)10-9-18-20-15(2)21-22-18/h5-8,16H,3-4,9-13H2,1-2H3,(H,20,21,22). The minimum absolute atomic E-state index is 0.183. The van der Waals surface area contributed by atoms with Crippen LogP contribution in [-0.4, -0.2) is 45.7 Å². The number of carbonyl (C=O) groups is 1. The third-order valence-corrected chi connectivity index (χ3v) is 4.58. The second-order valence-electron chi connectivity index (χ2n) is 6.81. The fourth-order valence-electron chi connectivity index (χ4n) is 3.15. The van der Waals surface area contributed by atoms with Gasteiger partial charge < -0.3 is 9.64 Å². The zero-order valence-corrected chi connectivity index (χ0v) is 15.0. The van der Waals surface area contributed by atoms with E-state index in [1.807, 2.05) is 24.0 Å². The molecule has 0 radical (unpaired) electrons. The largest absolute Gasteiger partial charge is 0.493 e. The first-order valence-electron chi connectivity index (χ1n) is 8.95. The van der Waals surface area contributed by atoms with Gasteiger partial charge >= 0.3 is 0 Å². The Bertz CT molecular complexity index is 696.